The Hall–Kier alpha value is -2.29. The van der Waals surface area contributed by atoms with E-state index in [4.69, 9.17) is 0 Å². The summed E-state index contributed by atoms with van der Waals surface area (Å²) in [5.74, 6) is 0.0947. The molecule has 1 amide bonds. The summed E-state index contributed by atoms with van der Waals surface area (Å²) < 4.78 is 0. The highest BCUT2D eigenvalue weighted by Gasteiger charge is 2.03. The van der Waals surface area contributed by atoms with Crippen molar-refractivity contribution in [1.29, 1.82) is 0 Å². The van der Waals surface area contributed by atoms with Gasteiger partial charge in [-0.05, 0) is 36.6 Å². The lowest BCUT2D eigenvalue weighted by Crippen LogP contribution is -2.22. The minimum atomic E-state index is 0.0947. The van der Waals surface area contributed by atoms with Crippen molar-refractivity contribution in [1.82, 2.24) is 5.32 Å². The molecule has 0 aromatic heterocycles. The predicted molar refractivity (Wildman–Crippen MR) is 92.1 cm³/mol. The van der Waals surface area contributed by atoms with Crippen LogP contribution in [0.4, 0.5) is 5.69 Å². The average Bonchev–Trinajstić information content (AvgIpc) is 2.52. The molecule has 0 fully saturated rings. The van der Waals surface area contributed by atoms with Crippen LogP contribution in [-0.4, -0.2) is 20.0 Å². The summed E-state index contributed by atoms with van der Waals surface area (Å²) in [6.45, 7) is 2.66. The average molecular weight is 296 g/mol. The maximum absolute atomic E-state index is 11.9. The first-order valence-electron chi connectivity index (χ1n) is 7.63. The van der Waals surface area contributed by atoms with Crippen LogP contribution in [0.1, 0.15) is 23.1 Å². The highest BCUT2D eigenvalue weighted by Crippen LogP contribution is 2.13. The number of hydrogen-bond acceptors (Lipinski definition) is 2. The molecule has 0 spiro atoms. The van der Waals surface area contributed by atoms with E-state index in [1.54, 1.807) is 0 Å². The molecule has 116 valence electrons. The third-order valence-electron chi connectivity index (χ3n) is 3.70. The lowest BCUT2D eigenvalue weighted by Gasteiger charge is -2.12. The zero-order valence-electron chi connectivity index (χ0n) is 13.6. The monoisotopic (exact) mass is 296 g/mol. The maximum Gasteiger partial charge on any atom is 0.220 e. The fourth-order valence-corrected chi connectivity index (χ4v) is 2.21. The van der Waals surface area contributed by atoms with E-state index in [2.05, 4.69) is 65.7 Å². The second-order valence-electron chi connectivity index (χ2n) is 5.82. The van der Waals surface area contributed by atoms with E-state index < -0.39 is 0 Å². The number of nitrogens with zero attached hydrogens (tertiary/aromatic N) is 1. The Balaban J connectivity index is 1.76. The zero-order chi connectivity index (χ0) is 15.9. The molecular weight excluding hydrogens is 272 g/mol. The lowest BCUT2D eigenvalue weighted by atomic mass is 10.1. The quantitative estimate of drug-likeness (QED) is 0.887. The van der Waals surface area contributed by atoms with Crippen LogP contribution in [0.25, 0.3) is 0 Å². The minimum Gasteiger partial charge on any atom is -0.378 e. The SMILES string of the molecule is Cc1ccc(CNC(=O)CCc2ccc(N(C)C)cc2)cc1. The van der Waals surface area contributed by atoms with Gasteiger partial charge in [-0.15, -0.1) is 0 Å². The first-order valence-corrected chi connectivity index (χ1v) is 7.63. The molecule has 0 aliphatic heterocycles. The van der Waals surface area contributed by atoms with Gasteiger partial charge in [-0.1, -0.05) is 42.0 Å². The van der Waals surface area contributed by atoms with Crippen molar-refractivity contribution in [2.24, 2.45) is 0 Å². The molecule has 0 radical (unpaired) electrons. The normalized spacial score (nSPS) is 10.3. The number of nitrogens with one attached hydrogen (secondary N) is 1. The topological polar surface area (TPSA) is 32.3 Å². The van der Waals surface area contributed by atoms with E-state index in [0.29, 0.717) is 13.0 Å². The summed E-state index contributed by atoms with van der Waals surface area (Å²) >= 11 is 0. The van der Waals surface area contributed by atoms with Gasteiger partial charge in [0.2, 0.25) is 5.91 Å². The van der Waals surface area contributed by atoms with Gasteiger partial charge in [-0.2, -0.15) is 0 Å². The van der Waals surface area contributed by atoms with Crippen LogP contribution in [0, 0.1) is 6.92 Å². The number of carbonyl (C=O) groups excluding carboxylic acids is 1. The van der Waals surface area contributed by atoms with Crippen molar-refractivity contribution >= 4 is 11.6 Å². The smallest absolute Gasteiger partial charge is 0.220 e. The fourth-order valence-electron chi connectivity index (χ4n) is 2.21. The molecule has 0 aliphatic carbocycles. The number of aryl methyl sites for hydroxylation is 2. The van der Waals surface area contributed by atoms with Crippen LogP contribution in [0.15, 0.2) is 48.5 Å². The van der Waals surface area contributed by atoms with Gasteiger partial charge in [-0.25, -0.2) is 0 Å². The largest absolute Gasteiger partial charge is 0.378 e. The first kappa shape index (κ1) is 16.1. The van der Waals surface area contributed by atoms with E-state index in [-0.39, 0.29) is 5.91 Å². The van der Waals surface area contributed by atoms with Gasteiger partial charge in [0.15, 0.2) is 0 Å². The van der Waals surface area contributed by atoms with Crippen LogP contribution >= 0.6 is 0 Å². The molecule has 2 rings (SSSR count). The Bertz CT molecular complexity index is 600. The predicted octanol–water partition coefficient (Wildman–Crippen LogP) is 3.31. The summed E-state index contributed by atoms with van der Waals surface area (Å²) in [5, 5.41) is 2.97. The second-order valence-corrected chi connectivity index (χ2v) is 5.82. The van der Waals surface area contributed by atoms with Crippen LogP contribution in [0.3, 0.4) is 0 Å². The van der Waals surface area contributed by atoms with Crippen molar-refractivity contribution < 1.29 is 4.79 Å². The third kappa shape index (κ3) is 4.92. The zero-order valence-corrected chi connectivity index (χ0v) is 13.6. The van der Waals surface area contributed by atoms with E-state index in [1.165, 1.54) is 16.8 Å². The highest BCUT2D eigenvalue weighted by molar-refractivity contribution is 5.76. The van der Waals surface area contributed by atoms with Crippen molar-refractivity contribution in [3.8, 4) is 0 Å². The molecule has 22 heavy (non-hydrogen) atoms. The number of anilines is 1. The standard InChI is InChI=1S/C19H24N2O/c1-15-4-6-17(7-5-15)14-20-19(22)13-10-16-8-11-18(12-9-16)21(2)3/h4-9,11-12H,10,13-14H2,1-3H3,(H,20,22). The van der Waals surface area contributed by atoms with Gasteiger partial charge < -0.3 is 10.2 Å². The second kappa shape index (κ2) is 7.64. The molecule has 1 N–H and O–H groups in total. The van der Waals surface area contributed by atoms with E-state index in [1.807, 2.05) is 14.1 Å². The molecule has 3 nitrogen and oxygen atoms in total. The van der Waals surface area contributed by atoms with E-state index >= 15 is 0 Å². The van der Waals surface area contributed by atoms with Gasteiger partial charge in [-0.3, -0.25) is 4.79 Å². The summed E-state index contributed by atoms with van der Waals surface area (Å²) in [6, 6.07) is 16.6. The molecule has 0 atom stereocenters. The number of carbonyl (C=O) groups is 1. The Morgan fingerprint density at radius 1 is 0.955 bits per heavy atom. The van der Waals surface area contributed by atoms with Gasteiger partial charge in [0.25, 0.3) is 0 Å². The van der Waals surface area contributed by atoms with Crippen LogP contribution in [0.2, 0.25) is 0 Å². The highest BCUT2D eigenvalue weighted by atomic mass is 16.1. The molecular formula is C19H24N2O. The van der Waals surface area contributed by atoms with Gasteiger partial charge >= 0.3 is 0 Å². The van der Waals surface area contributed by atoms with Gasteiger partial charge in [0.05, 0.1) is 0 Å². The molecule has 0 saturated carbocycles. The molecule has 0 unspecified atom stereocenters. The summed E-state index contributed by atoms with van der Waals surface area (Å²) in [7, 11) is 4.04. The lowest BCUT2D eigenvalue weighted by molar-refractivity contribution is -0.121. The maximum atomic E-state index is 11.9. The van der Waals surface area contributed by atoms with Crippen molar-refractivity contribution in [2.45, 2.75) is 26.3 Å². The van der Waals surface area contributed by atoms with Crippen molar-refractivity contribution in [2.75, 3.05) is 19.0 Å². The molecule has 0 heterocycles. The number of benzene rings is 2. The minimum absolute atomic E-state index is 0.0947. The molecule has 0 saturated heterocycles. The molecule has 3 heteroatoms. The molecule has 0 bridgehead atoms. The fraction of sp³-hybridized carbons (Fsp3) is 0.316. The third-order valence-corrected chi connectivity index (χ3v) is 3.70. The van der Waals surface area contributed by atoms with Crippen LogP contribution in [0.5, 0.6) is 0 Å². The van der Waals surface area contributed by atoms with Crippen LogP contribution < -0.4 is 10.2 Å². The Labute approximate surface area is 133 Å². The number of hydrogen-bond donors (Lipinski definition) is 1. The summed E-state index contributed by atoms with van der Waals surface area (Å²) in [5.41, 5.74) is 4.73. The Morgan fingerprint density at radius 2 is 1.55 bits per heavy atom. The van der Waals surface area contributed by atoms with E-state index in [9.17, 15) is 4.79 Å². The van der Waals surface area contributed by atoms with Crippen molar-refractivity contribution in [3.63, 3.8) is 0 Å². The summed E-state index contributed by atoms with van der Waals surface area (Å²) in [4.78, 5) is 14.0. The number of amides is 1. The summed E-state index contributed by atoms with van der Waals surface area (Å²) in [6.07, 6.45) is 1.29. The Kier molecular flexibility index (Phi) is 5.59. The van der Waals surface area contributed by atoms with Gasteiger partial charge in [0.1, 0.15) is 0 Å². The van der Waals surface area contributed by atoms with E-state index in [0.717, 1.165) is 12.0 Å². The molecule has 2 aromatic carbocycles. The molecule has 0 aliphatic rings. The molecule has 2 aromatic rings. The Morgan fingerprint density at radius 3 is 2.14 bits per heavy atom. The van der Waals surface area contributed by atoms with Gasteiger partial charge in [0, 0.05) is 32.7 Å². The van der Waals surface area contributed by atoms with Crippen LogP contribution in [-0.2, 0) is 17.8 Å². The number of rotatable bonds is 6. The first-order chi connectivity index (χ1) is 10.5. The van der Waals surface area contributed by atoms with Crippen molar-refractivity contribution in [3.05, 3.63) is 65.2 Å².